The molecular formula is C60H40N2. The maximum atomic E-state index is 2.40. The molecule has 0 amide bonds. The van der Waals surface area contributed by atoms with Gasteiger partial charge in [0.15, 0.2) is 0 Å². The van der Waals surface area contributed by atoms with Crippen LogP contribution in [0.2, 0.25) is 0 Å². The van der Waals surface area contributed by atoms with Crippen LogP contribution in [0.4, 0.5) is 0 Å². The minimum absolute atomic E-state index is 1.15. The Morgan fingerprint density at radius 2 is 0.387 bits per heavy atom. The van der Waals surface area contributed by atoms with E-state index in [1.165, 1.54) is 99.2 Å². The van der Waals surface area contributed by atoms with Gasteiger partial charge in [-0.05, 0) is 128 Å². The van der Waals surface area contributed by atoms with Crippen LogP contribution in [0, 0.1) is 0 Å². The third kappa shape index (κ3) is 6.12. The zero-order chi connectivity index (χ0) is 41.0. The van der Waals surface area contributed by atoms with Gasteiger partial charge in [0.25, 0.3) is 0 Å². The Hall–Kier alpha value is -8.20. The van der Waals surface area contributed by atoms with Gasteiger partial charge in [-0.1, -0.05) is 170 Å². The van der Waals surface area contributed by atoms with E-state index in [4.69, 9.17) is 0 Å². The van der Waals surface area contributed by atoms with Crippen molar-refractivity contribution in [2.75, 3.05) is 0 Å². The van der Waals surface area contributed by atoms with E-state index in [-0.39, 0.29) is 0 Å². The summed E-state index contributed by atoms with van der Waals surface area (Å²) < 4.78 is 4.81. The molecule has 12 aromatic rings. The molecule has 0 unspecified atom stereocenters. The van der Waals surface area contributed by atoms with E-state index < -0.39 is 0 Å². The summed E-state index contributed by atoms with van der Waals surface area (Å²) in [5, 5.41) is 4.94. The minimum Gasteiger partial charge on any atom is -0.309 e. The summed E-state index contributed by atoms with van der Waals surface area (Å²) in [6, 6.07) is 88.4. The van der Waals surface area contributed by atoms with Crippen LogP contribution in [-0.2, 0) is 0 Å². The molecule has 2 nitrogen and oxygen atoms in total. The third-order valence-electron chi connectivity index (χ3n) is 12.5. The summed E-state index contributed by atoms with van der Waals surface area (Å²) in [5.41, 5.74) is 19.2. The number of nitrogens with zero attached hydrogens (tertiary/aromatic N) is 2. The molecule has 0 saturated carbocycles. The van der Waals surface area contributed by atoms with Crippen molar-refractivity contribution in [1.82, 2.24) is 9.13 Å². The summed E-state index contributed by atoms with van der Waals surface area (Å²) in [6.45, 7) is 0. The fourth-order valence-corrected chi connectivity index (χ4v) is 9.45. The maximum absolute atomic E-state index is 2.40. The average Bonchev–Trinajstić information content (AvgIpc) is 3.86. The molecule has 62 heavy (non-hydrogen) atoms. The van der Waals surface area contributed by atoms with E-state index in [9.17, 15) is 0 Å². The monoisotopic (exact) mass is 788 g/mol. The third-order valence-corrected chi connectivity index (χ3v) is 12.5. The van der Waals surface area contributed by atoms with Crippen molar-refractivity contribution in [3.63, 3.8) is 0 Å². The van der Waals surface area contributed by atoms with E-state index in [0.717, 1.165) is 11.4 Å². The Morgan fingerprint density at radius 3 is 0.677 bits per heavy atom. The van der Waals surface area contributed by atoms with Gasteiger partial charge in [0.2, 0.25) is 0 Å². The molecule has 0 atom stereocenters. The van der Waals surface area contributed by atoms with Crippen molar-refractivity contribution >= 4 is 43.6 Å². The number of aromatic nitrogens is 2. The lowest BCUT2D eigenvalue weighted by molar-refractivity contribution is 1.18. The second-order valence-corrected chi connectivity index (χ2v) is 16.2. The molecule has 0 N–H and O–H groups in total. The largest absolute Gasteiger partial charge is 0.309 e. The minimum atomic E-state index is 1.15. The first-order valence-electron chi connectivity index (χ1n) is 21.3. The normalized spacial score (nSPS) is 11.5. The highest BCUT2D eigenvalue weighted by atomic mass is 15.0. The van der Waals surface area contributed by atoms with Crippen molar-refractivity contribution in [3.8, 4) is 67.0 Å². The van der Waals surface area contributed by atoms with Gasteiger partial charge in [-0.15, -0.1) is 0 Å². The van der Waals surface area contributed by atoms with Crippen LogP contribution in [0.15, 0.2) is 243 Å². The van der Waals surface area contributed by atoms with Gasteiger partial charge in [-0.2, -0.15) is 0 Å². The molecule has 0 saturated heterocycles. The van der Waals surface area contributed by atoms with Crippen molar-refractivity contribution in [2.24, 2.45) is 0 Å². The second-order valence-electron chi connectivity index (χ2n) is 16.2. The highest BCUT2D eigenvalue weighted by Gasteiger charge is 2.18. The van der Waals surface area contributed by atoms with Crippen molar-refractivity contribution in [3.05, 3.63) is 243 Å². The number of para-hydroxylation sites is 2. The quantitative estimate of drug-likeness (QED) is 0.152. The lowest BCUT2D eigenvalue weighted by Gasteiger charge is -2.09. The summed E-state index contributed by atoms with van der Waals surface area (Å²) in [4.78, 5) is 0. The van der Waals surface area contributed by atoms with Gasteiger partial charge in [0.05, 0.1) is 22.1 Å². The van der Waals surface area contributed by atoms with E-state index in [1.54, 1.807) is 0 Å². The Kier molecular flexibility index (Phi) is 8.53. The predicted octanol–water partition coefficient (Wildman–Crippen LogP) is 16.2. The van der Waals surface area contributed by atoms with Crippen molar-refractivity contribution in [2.45, 2.75) is 0 Å². The molecule has 0 aliphatic rings. The van der Waals surface area contributed by atoms with Crippen LogP contribution in [0.25, 0.3) is 111 Å². The number of fused-ring (bicyclic) bond motifs is 6. The molecule has 0 bridgehead atoms. The molecule has 0 fully saturated rings. The summed E-state index contributed by atoms with van der Waals surface area (Å²) in [5.74, 6) is 0. The highest BCUT2D eigenvalue weighted by molar-refractivity contribution is 6.14. The maximum Gasteiger partial charge on any atom is 0.0541 e. The Morgan fingerprint density at radius 1 is 0.177 bits per heavy atom. The Balaban J connectivity index is 1.01. The lowest BCUT2D eigenvalue weighted by Crippen LogP contribution is -1.93. The Labute approximate surface area is 360 Å². The molecule has 0 aliphatic carbocycles. The van der Waals surface area contributed by atoms with Gasteiger partial charge in [-0.3, -0.25) is 0 Å². The molecule has 290 valence electrons. The van der Waals surface area contributed by atoms with Gasteiger partial charge < -0.3 is 9.13 Å². The highest BCUT2D eigenvalue weighted by Crippen LogP contribution is 2.41. The number of hydrogen-bond acceptors (Lipinski definition) is 0. The summed E-state index contributed by atoms with van der Waals surface area (Å²) in [7, 11) is 0. The molecule has 0 aliphatic heterocycles. The van der Waals surface area contributed by atoms with Crippen molar-refractivity contribution in [1.29, 1.82) is 0 Å². The number of rotatable bonds is 7. The van der Waals surface area contributed by atoms with E-state index in [2.05, 4.69) is 252 Å². The van der Waals surface area contributed by atoms with E-state index in [1.807, 2.05) is 0 Å². The summed E-state index contributed by atoms with van der Waals surface area (Å²) >= 11 is 0. The molecule has 2 heterocycles. The van der Waals surface area contributed by atoms with Crippen LogP contribution in [0.1, 0.15) is 0 Å². The lowest BCUT2D eigenvalue weighted by atomic mass is 9.97. The van der Waals surface area contributed by atoms with Crippen LogP contribution >= 0.6 is 0 Å². The van der Waals surface area contributed by atoms with Crippen LogP contribution in [0.3, 0.4) is 0 Å². The first-order chi connectivity index (χ1) is 30.7. The number of hydrogen-bond donors (Lipinski definition) is 0. The van der Waals surface area contributed by atoms with Gasteiger partial charge in [0, 0.05) is 32.9 Å². The van der Waals surface area contributed by atoms with Crippen LogP contribution in [-0.4, -0.2) is 9.13 Å². The summed E-state index contributed by atoms with van der Waals surface area (Å²) in [6.07, 6.45) is 0. The first kappa shape index (κ1) is 35.7. The van der Waals surface area contributed by atoms with Gasteiger partial charge in [0.1, 0.15) is 0 Å². The SMILES string of the molecule is c1ccc(-c2ccc(-c3ccc4c(c3)c3cc(-c5ccc6c(c5)c5cc(-c7ccc(-c8ccccc8)cc7)ccc5n6-c5ccccc5)ccc3n4-c3ccccc3)cc2)cc1. The van der Waals surface area contributed by atoms with Crippen molar-refractivity contribution < 1.29 is 0 Å². The molecule has 2 aromatic heterocycles. The standard InChI is InChI=1S/C60H40N2/c1-5-13-41(14-6-1)43-21-25-45(26-22-43)47-29-33-57-53(37-47)55-39-49(31-35-59(55)61(57)51-17-9-3-10-18-51)50-32-36-60-56(40-50)54-38-48(30-34-58(54)62(60)52-19-11-4-12-20-52)46-27-23-44(24-28-46)42-15-7-2-8-16-42/h1-40H. The smallest absolute Gasteiger partial charge is 0.0541 e. The topological polar surface area (TPSA) is 9.86 Å². The molecule has 12 rings (SSSR count). The Bertz CT molecular complexity index is 3320. The van der Waals surface area contributed by atoms with Gasteiger partial charge >= 0.3 is 0 Å². The van der Waals surface area contributed by atoms with E-state index in [0.29, 0.717) is 0 Å². The molecular weight excluding hydrogens is 749 g/mol. The fraction of sp³-hybridized carbons (Fsp3) is 0. The molecule has 10 aromatic carbocycles. The van der Waals surface area contributed by atoms with Crippen LogP contribution < -0.4 is 0 Å². The molecule has 2 heteroatoms. The molecule has 0 radical (unpaired) electrons. The molecule has 0 spiro atoms. The fourth-order valence-electron chi connectivity index (χ4n) is 9.45. The van der Waals surface area contributed by atoms with Gasteiger partial charge in [-0.25, -0.2) is 0 Å². The van der Waals surface area contributed by atoms with Crippen LogP contribution in [0.5, 0.6) is 0 Å². The average molecular weight is 789 g/mol. The van der Waals surface area contributed by atoms with E-state index >= 15 is 0 Å². The second kappa shape index (κ2) is 14.8. The number of benzene rings is 10. The zero-order valence-electron chi connectivity index (χ0n) is 34.0. The first-order valence-corrected chi connectivity index (χ1v) is 21.3. The predicted molar refractivity (Wildman–Crippen MR) is 262 cm³/mol. The zero-order valence-corrected chi connectivity index (χ0v) is 34.0.